The lowest BCUT2D eigenvalue weighted by Crippen LogP contribution is -2.17. The Balaban J connectivity index is 1.98. The third kappa shape index (κ3) is 4.43. The van der Waals surface area contributed by atoms with Gasteiger partial charge in [-0.25, -0.2) is 5.43 Å². The maximum absolute atomic E-state index is 11.9. The third-order valence-corrected chi connectivity index (χ3v) is 3.37. The van der Waals surface area contributed by atoms with Crippen molar-refractivity contribution in [2.24, 2.45) is 5.10 Å². The molecule has 1 N–H and O–H groups in total. The SMILES string of the molecule is CN(C)c1ccc(C(=O)N/N=C/c2cccc(Br)c2)cc1. The number of carbonyl (C=O) groups excluding carboxylic acids is 1. The molecule has 0 radical (unpaired) electrons. The van der Waals surface area contributed by atoms with E-state index in [9.17, 15) is 4.79 Å². The fraction of sp³-hybridized carbons (Fsp3) is 0.125. The Hall–Kier alpha value is -2.14. The second-order valence-electron chi connectivity index (χ2n) is 4.70. The van der Waals surface area contributed by atoms with Crippen LogP contribution in [0.4, 0.5) is 5.69 Å². The largest absolute Gasteiger partial charge is 0.378 e. The van der Waals surface area contributed by atoms with Crippen molar-refractivity contribution in [3.8, 4) is 0 Å². The van der Waals surface area contributed by atoms with Gasteiger partial charge in [0.2, 0.25) is 0 Å². The van der Waals surface area contributed by atoms with Crippen molar-refractivity contribution in [2.75, 3.05) is 19.0 Å². The summed E-state index contributed by atoms with van der Waals surface area (Å²) in [5.41, 5.74) is 5.05. The molecule has 0 bridgehead atoms. The van der Waals surface area contributed by atoms with Crippen LogP contribution in [-0.2, 0) is 0 Å². The van der Waals surface area contributed by atoms with Crippen LogP contribution in [0, 0.1) is 0 Å². The molecular weight excluding hydrogens is 330 g/mol. The Morgan fingerprint density at radius 1 is 1.19 bits per heavy atom. The van der Waals surface area contributed by atoms with Crippen molar-refractivity contribution in [2.45, 2.75) is 0 Å². The number of hydrogen-bond donors (Lipinski definition) is 1. The van der Waals surface area contributed by atoms with Crippen LogP contribution in [-0.4, -0.2) is 26.2 Å². The first kappa shape index (κ1) is 15.3. The molecule has 2 aromatic rings. The maximum atomic E-state index is 11.9. The Labute approximate surface area is 132 Å². The van der Waals surface area contributed by atoms with E-state index in [0.29, 0.717) is 5.56 Å². The summed E-state index contributed by atoms with van der Waals surface area (Å²) in [5, 5.41) is 3.96. The van der Waals surface area contributed by atoms with Crippen LogP contribution in [0.15, 0.2) is 58.1 Å². The number of hydrazone groups is 1. The number of nitrogens with one attached hydrogen (secondary N) is 1. The molecule has 2 aromatic carbocycles. The van der Waals surface area contributed by atoms with E-state index in [1.807, 2.05) is 55.4 Å². The second-order valence-corrected chi connectivity index (χ2v) is 5.61. The number of halogens is 1. The molecule has 2 rings (SSSR count). The van der Waals surface area contributed by atoms with Crippen LogP contribution < -0.4 is 10.3 Å². The first-order valence-electron chi connectivity index (χ1n) is 6.42. The summed E-state index contributed by atoms with van der Waals surface area (Å²) in [7, 11) is 3.91. The van der Waals surface area contributed by atoms with Crippen LogP contribution in [0.3, 0.4) is 0 Å². The first-order chi connectivity index (χ1) is 10.1. The molecule has 0 aliphatic carbocycles. The number of benzene rings is 2. The van der Waals surface area contributed by atoms with Crippen molar-refractivity contribution < 1.29 is 4.79 Å². The van der Waals surface area contributed by atoms with Crippen LogP contribution in [0.2, 0.25) is 0 Å². The van der Waals surface area contributed by atoms with Crippen molar-refractivity contribution in [1.82, 2.24) is 5.43 Å². The Morgan fingerprint density at radius 2 is 1.90 bits per heavy atom. The summed E-state index contributed by atoms with van der Waals surface area (Å²) in [6, 6.07) is 15.0. The van der Waals surface area contributed by atoms with E-state index in [1.165, 1.54) is 0 Å². The summed E-state index contributed by atoms with van der Waals surface area (Å²) >= 11 is 3.39. The molecule has 0 spiro atoms. The van der Waals surface area contributed by atoms with Crippen molar-refractivity contribution in [3.05, 3.63) is 64.1 Å². The molecule has 21 heavy (non-hydrogen) atoms. The zero-order valence-electron chi connectivity index (χ0n) is 11.9. The molecule has 4 nitrogen and oxygen atoms in total. The number of anilines is 1. The van der Waals surface area contributed by atoms with E-state index in [4.69, 9.17) is 0 Å². The molecule has 108 valence electrons. The first-order valence-corrected chi connectivity index (χ1v) is 7.22. The monoisotopic (exact) mass is 345 g/mol. The Bertz CT molecular complexity index is 651. The number of rotatable bonds is 4. The fourth-order valence-electron chi connectivity index (χ4n) is 1.73. The lowest BCUT2D eigenvalue weighted by atomic mass is 10.2. The van der Waals surface area contributed by atoms with Crippen molar-refractivity contribution in [3.63, 3.8) is 0 Å². The molecule has 0 aromatic heterocycles. The van der Waals surface area contributed by atoms with E-state index in [-0.39, 0.29) is 5.91 Å². The standard InChI is InChI=1S/C16H16BrN3O/c1-20(2)15-8-6-13(7-9-15)16(21)19-18-11-12-4-3-5-14(17)10-12/h3-11H,1-2H3,(H,19,21)/b18-11+. The highest BCUT2D eigenvalue weighted by atomic mass is 79.9. The van der Waals surface area contributed by atoms with Gasteiger partial charge in [0.25, 0.3) is 5.91 Å². The Kier molecular flexibility index (Phi) is 5.11. The van der Waals surface area contributed by atoms with Gasteiger partial charge >= 0.3 is 0 Å². The van der Waals surface area contributed by atoms with Gasteiger partial charge in [-0.3, -0.25) is 4.79 Å². The zero-order valence-corrected chi connectivity index (χ0v) is 13.5. The molecule has 0 aliphatic rings. The van der Waals surface area contributed by atoms with E-state index in [0.717, 1.165) is 15.7 Å². The van der Waals surface area contributed by atoms with Gasteiger partial charge in [-0.2, -0.15) is 5.10 Å². The average molecular weight is 346 g/mol. The van der Waals surface area contributed by atoms with Crippen LogP contribution in [0.1, 0.15) is 15.9 Å². The lowest BCUT2D eigenvalue weighted by Gasteiger charge is -2.12. The van der Waals surface area contributed by atoms with Gasteiger partial charge in [0, 0.05) is 29.8 Å². The zero-order chi connectivity index (χ0) is 15.2. The highest BCUT2D eigenvalue weighted by Gasteiger charge is 2.04. The summed E-state index contributed by atoms with van der Waals surface area (Å²) in [6.07, 6.45) is 1.61. The van der Waals surface area contributed by atoms with Gasteiger partial charge in [0.15, 0.2) is 0 Å². The molecule has 0 saturated heterocycles. The van der Waals surface area contributed by atoms with E-state index in [2.05, 4.69) is 26.5 Å². The average Bonchev–Trinajstić information content (AvgIpc) is 2.47. The summed E-state index contributed by atoms with van der Waals surface area (Å²) in [4.78, 5) is 13.9. The van der Waals surface area contributed by atoms with Crippen LogP contribution in [0.25, 0.3) is 0 Å². The molecule has 0 aliphatic heterocycles. The normalized spacial score (nSPS) is 10.6. The summed E-state index contributed by atoms with van der Waals surface area (Å²) in [5.74, 6) is -0.230. The lowest BCUT2D eigenvalue weighted by molar-refractivity contribution is 0.0955. The van der Waals surface area contributed by atoms with Gasteiger partial charge in [-0.15, -0.1) is 0 Å². The van der Waals surface area contributed by atoms with Gasteiger partial charge in [-0.05, 0) is 42.0 Å². The van der Waals surface area contributed by atoms with Gasteiger partial charge in [0.1, 0.15) is 0 Å². The Morgan fingerprint density at radius 3 is 2.52 bits per heavy atom. The second kappa shape index (κ2) is 7.04. The highest BCUT2D eigenvalue weighted by Crippen LogP contribution is 2.12. The molecule has 1 amide bonds. The van der Waals surface area contributed by atoms with Crippen molar-refractivity contribution in [1.29, 1.82) is 0 Å². The van der Waals surface area contributed by atoms with Crippen LogP contribution in [0.5, 0.6) is 0 Å². The predicted molar refractivity (Wildman–Crippen MR) is 90.0 cm³/mol. The number of amides is 1. The van der Waals surface area contributed by atoms with Gasteiger partial charge in [-0.1, -0.05) is 28.1 Å². The minimum atomic E-state index is -0.230. The topological polar surface area (TPSA) is 44.7 Å². The smallest absolute Gasteiger partial charge is 0.271 e. The third-order valence-electron chi connectivity index (χ3n) is 2.87. The molecule has 0 heterocycles. The van der Waals surface area contributed by atoms with E-state index >= 15 is 0 Å². The quantitative estimate of drug-likeness (QED) is 0.682. The number of nitrogens with zero attached hydrogens (tertiary/aromatic N) is 2. The molecule has 0 saturated carbocycles. The van der Waals surface area contributed by atoms with E-state index < -0.39 is 0 Å². The molecular formula is C16H16BrN3O. The summed E-state index contributed by atoms with van der Waals surface area (Å²) in [6.45, 7) is 0. The minimum Gasteiger partial charge on any atom is -0.378 e. The predicted octanol–water partition coefficient (Wildman–Crippen LogP) is 3.28. The van der Waals surface area contributed by atoms with Gasteiger partial charge < -0.3 is 4.90 Å². The molecule has 0 unspecified atom stereocenters. The number of carbonyl (C=O) groups is 1. The minimum absolute atomic E-state index is 0.230. The maximum Gasteiger partial charge on any atom is 0.271 e. The highest BCUT2D eigenvalue weighted by molar-refractivity contribution is 9.10. The van der Waals surface area contributed by atoms with Crippen molar-refractivity contribution >= 4 is 33.7 Å². The number of hydrogen-bond acceptors (Lipinski definition) is 3. The summed E-state index contributed by atoms with van der Waals surface area (Å²) < 4.78 is 0.969. The van der Waals surface area contributed by atoms with E-state index in [1.54, 1.807) is 18.3 Å². The van der Waals surface area contributed by atoms with Gasteiger partial charge in [0.05, 0.1) is 6.21 Å². The fourth-order valence-corrected chi connectivity index (χ4v) is 2.14. The molecule has 0 atom stereocenters. The molecule has 0 fully saturated rings. The van der Waals surface area contributed by atoms with Crippen LogP contribution >= 0.6 is 15.9 Å². The molecule has 5 heteroatoms.